The minimum atomic E-state index is -0.194. The number of fused-ring (bicyclic) bond motifs is 2. The van der Waals surface area contributed by atoms with E-state index >= 15 is 0 Å². The summed E-state index contributed by atoms with van der Waals surface area (Å²) in [7, 11) is 0. The average molecular weight is 286 g/mol. The monoisotopic (exact) mass is 286 g/mol. The van der Waals surface area contributed by atoms with Crippen LogP contribution in [0.1, 0.15) is 35.6 Å². The molecule has 2 heterocycles. The number of halogens is 1. The molecule has 2 N–H and O–H groups in total. The summed E-state index contributed by atoms with van der Waals surface area (Å²) in [6.45, 7) is 0.788. The van der Waals surface area contributed by atoms with Gasteiger partial charge in [0.15, 0.2) is 0 Å². The summed E-state index contributed by atoms with van der Waals surface area (Å²) in [5, 5.41) is 0. The molecule has 2 atom stereocenters. The van der Waals surface area contributed by atoms with Gasteiger partial charge in [0.05, 0.1) is 6.54 Å². The third kappa shape index (κ3) is 2.33. The van der Waals surface area contributed by atoms with Crippen LogP contribution in [0.4, 0.5) is 4.39 Å². The van der Waals surface area contributed by atoms with Crippen LogP contribution in [0.5, 0.6) is 5.75 Å². The lowest BCUT2D eigenvalue weighted by molar-refractivity contribution is 0.209. The van der Waals surface area contributed by atoms with Crippen molar-refractivity contribution in [2.75, 3.05) is 0 Å². The Balaban J connectivity index is 1.51. The maximum absolute atomic E-state index is 13.2. The molecule has 21 heavy (non-hydrogen) atoms. The van der Waals surface area contributed by atoms with Gasteiger partial charge < -0.3 is 15.0 Å². The molecule has 0 spiro atoms. The van der Waals surface area contributed by atoms with Crippen LogP contribution in [0, 0.1) is 5.82 Å². The third-order valence-electron chi connectivity index (χ3n) is 4.54. The van der Waals surface area contributed by atoms with Crippen LogP contribution >= 0.6 is 0 Å². The third-order valence-corrected chi connectivity index (χ3v) is 4.54. The predicted octanol–water partition coefficient (Wildman–Crippen LogP) is 2.97. The lowest BCUT2D eigenvalue weighted by Gasteiger charge is -2.17. The molecule has 3 nitrogen and oxygen atoms in total. The Bertz CT molecular complexity index is 679. The maximum atomic E-state index is 13.2. The van der Waals surface area contributed by atoms with E-state index in [-0.39, 0.29) is 18.0 Å². The van der Waals surface area contributed by atoms with Gasteiger partial charge in [0.1, 0.15) is 17.7 Å². The standard InChI is InChI=1S/C17H19FN2O/c18-13-4-5-17-12(6-13)7-14(21-17)9-20-8-11-2-1-3-16(19)15(11)10-20/h4-6,8,10,14,16H,1-3,7,9,19H2. The number of nitrogens with zero attached hydrogens (tertiary/aromatic N) is 1. The number of ether oxygens (including phenoxy) is 1. The summed E-state index contributed by atoms with van der Waals surface area (Å²) in [6.07, 6.45) is 8.55. The molecule has 0 saturated heterocycles. The first-order valence-electron chi connectivity index (χ1n) is 7.58. The van der Waals surface area contributed by atoms with E-state index in [2.05, 4.69) is 17.0 Å². The second kappa shape index (κ2) is 4.88. The van der Waals surface area contributed by atoms with E-state index in [4.69, 9.17) is 10.5 Å². The summed E-state index contributed by atoms with van der Waals surface area (Å²) < 4.78 is 21.3. The normalized spacial score (nSPS) is 23.5. The van der Waals surface area contributed by atoms with Gasteiger partial charge in [-0.3, -0.25) is 0 Å². The summed E-state index contributed by atoms with van der Waals surface area (Å²) in [5.41, 5.74) is 9.78. The van der Waals surface area contributed by atoms with Gasteiger partial charge in [-0.2, -0.15) is 0 Å². The van der Waals surface area contributed by atoms with Crippen LogP contribution in [0.2, 0.25) is 0 Å². The second-order valence-corrected chi connectivity index (χ2v) is 6.13. The smallest absolute Gasteiger partial charge is 0.123 e. The second-order valence-electron chi connectivity index (χ2n) is 6.13. The molecule has 0 radical (unpaired) electrons. The van der Waals surface area contributed by atoms with Crippen molar-refractivity contribution in [1.29, 1.82) is 0 Å². The Kier molecular flexibility index (Phi) is 3.00. The van der Waals surface area contributed by atoms with Crippen LogP contribution in [0.25, 0.3) is 0 Å². The molecule has 1 aromatic heterocycles. The Morgan fingerprint density at radius 1 is 1.29 bits per heavy atom. The Labute approximate surface area is 123 Å². The lowest BCUT2D eigenvalue weighted by Crippen LogP contribution is -2.20. The predicted molar refractivity (Wildman–Crippen MR) is 78.8 cm³/mol. The van der Waals surface area contributed by atoms with Crippen molar-refractivity contribution in [3.05, 3.63) is 53.1 Å². The molecule has 2 aliphatic rings. The lowest BCUT2D eigenvalue weighted by atomic mass is 9.92. The highest BCUT2D eigenvalue weighted by molar-refractivity contribution is 5.38. The fourth-order valence-corrected chi connectivity index (χ4v) is 3.52. The van der Waals surface area contributed by atoms with E-state index in [9.17, 15) is 4.39 Å². The zero-order valence-electron chi connectivity index (χ0n) is 11.9. The summed E-state index contributed by atoms with van der Waals surface area (Å²) in [5.74, 6) is 0.621. The topological polar surface area (TPSA) is 40.2 Å². The van der Waals surface area contributed by atoms with E-state index < -0.39 is 0 Å². The molecule has 0 amide bonds. The number of rotatable bonds is 2. The fourth-order valence-electron chi connectivity index (χ4n) is 3.52. The van der Waals surface area contributed by atoms with Crippen LogP contribution in [-0.2, 0) is 19.4 Å². The zero-order chi connectivity index (χ0) is 14.4. The molecular weight excluding hydrogens is 267 g/mol. The number of aromatic nitrogens is 1. The van der Waals surface area contributed by atoms with E-state index in [1.807, 2.05) is 0 Å². The van der Waals surface area contributed by atoms with Gasteiger partial charge in [0.2, 0.25) is 0 Å². The van der Waals surface area contributed by atoms with Crippen molar-refractivity contribution in [2.45, 2.75) is 44.4 Å². The van der Waals surface area contributed by atoms with Gasteiger partial charge in [-0.15, -0.1) is 0 Å². The number of nitrogens with two attached hydrogens (primary N) is 1. The van der Waals surface area contributed by atoms with Gasteiger partial charge in [-0.05, 0) is 48.6 Å². The van der Waals surface area contributed by atoms with Crippen molar-refractivity contribution >= 4 is 0 Å². The molecule has 1 aliphatic heterocycles. The molecule has 0 saturated carbocycles. The first kappa shape index (κ1) is 12.9. The summed E-state index contributed by atoms with van der Waals surface area (Å²) in [4.78, 5) is 0. The molecule has 0 bridgehead atoms. The molecule has 1 aromatic carbocycles. The highest BCUT2D eigenvalue weighted by atomic mass is 19.1. The van der Waals surface area contributed by atoms with E-state index in [1.165, 1.54) is 23.6 Å². The molecule has 4 rings (SSSR count). The van der Waals surface area contributed by atoms with Gasteiger partial charge in [0, 0.05) is 30.4 Å². The Morgan fingerprint density at radius 2 is 2.19 bits per heavy atom. The van der Waals surface area contributed by atoms with Crippen molar-refractivity contribution in [2.24, 2.45) is 5.73 Å². The van der Waals surface area contributed by atoms with Gasteiger partial charge in [-0.25, -0.2) is 4.39 Å². The van der Waals surface area contributed by atoms with E-state index in [1.54, 1.807) is 12.1 Å². The van der Waals surface area contributed by atoms with Crippen molar-refractivity contribution < 1.29 is 9.13 Å². The van der Waals surface area contributed by atoms with Gasteiger partial charge in [0.25, 0.3) is 0 Å². The van der Waals surface area contributed by atoms with Crippen LogP contribution < -0.4 is 10.5 Å². The Morgan fingerprint density at radius 3 is 3.05 bits per heavy atom. The highest BCUT2D eigenvalue weighted by Crippen LogP contribution is 2.32. The molecule has 4 heteroatoms. The molecule has 2 aromatic rings. The molecule has 110 valence electrons. The number of benzene rings is 1. The number of aryl methyl sites for hydroxylation is 1. The van der Waals surface area contributed by atoms with Crippen LogP contribution in [-0.4, -0.2) is 10.7 Å². The van der Waals surface area contributed by atoms with E-state index in [0.29, 0.717) is 0 Å². The quantitative estimate of drug-likeness (QED) is 0.922. The number of hydrogen-bond acceptors (Lipinski definition) is 2. The van der Waals surface area contributed by atoms with Gasteiger partial charge in [-0.1, -0.05) is 0 Å². The highest BCUT2D eigenvalue weighted by Gasteiger charge is 2.25. The van der Waals surface area contributed by atoms with Crippen molar-refractivity contribution in [1.82, 2.24) is 4.57 Å². The fraction of sp³-hybridized carbons (Fsp3) is 0.412. The van der Waals surface area contributed by atoms with Gasteiger partial charge >= 0.3 is 0 Å². The van der Waals surface area contributed by atoms with Crippen LogP contribution in [0.3, 0.4) is 0 Å². The number of hydrogen-bond donors (Lipinski definition) is 1. The molecule has 0 fully saturated rings. The minimum absolute atomic E-state index is 0.0758. The largest absolute Gasteiger partial charge is 0.488 e. The van der Waals surface area contributed by atoms with E-state index in [0.717, 1.165) is 37.1 Å². The maximum Gasteiger partial charge on any atom is 0.123 e. The first-order valence-corrected chi connectivity index (χ1v) is 7.58. The minimum Gasteiger partial charge on any atom is -0.488 e. The first-order chi connectivity index (χ1) is 10.2. The summed E-state index contributed by atoms with van der Waals surface area (Å²) >= 11 is 0. The SMILES string of the molecule is NC1CCCc2cn(CC3Cc4cc(F)ccc4O3)cc21. The van der Waals surface area contributed by atoms with Crippen molar-refractivity contribution in [3.8, 4) is 5.75 Å². The zero-order valence-corrected chi connectivity index (χ0v) is 11.9. The van der Waals surface area contributed by atoms with Crippen molar-refractivity contribution in [3.63, 3.8) is 0 Å². The summed E-state index contributed by atoms with van der Waals surface area (Å²) in [6, 6.07) is 4.92. The molecular formula is C17H19FN2O. The molecule has 2 unspecified atom stereocenters. The van der Waals surface area contributed by atoms with Crippen LogP contribution in [0.15, 0.2) is 30.6 Å². The average Bonchev–Trinajstić information content (AvgIpc) is 3.02. The Hall–Kier alpha value is -1.81. The molecule has 1 aliphatic carbocycles.